The first-order valence-corrected chi connectivity index (χ1v) is 6.05. The first-order valence-electron chi connectivity index (χ1n) is 4.82. The van der Waals surface area contributed by atoms with Crippen LogP contribution in [0, 0.1) is 0 Å². The molecule has 0 aliphatic heterocycles. The maximum atomic E-state index is 11.6. The van der Waals surface area contributed by atoms with E-state index in [1.54, 1.807) is 0 Å². The Morgan fingerprint density at radius 3 is 2.93 bits per heavy atom. The second kappa shape index (κ2) is 6.13. The summed E-state index contributed by atoms with van der Waals surface area (Å²) in [4.78, 5) is 11.6. The third-order valence-electron chi connectivity index (χ3n) is 1.92. The summed E-state index contributed by atoms with van der Waals surface area (Å²) in [6, 6.07) is 7.45. The van der Waals surface area contributed by atoms with Crippen molar-refractivity contribution >= 4 is 33.4 Å². The van der Waals surface area contributed by atoms with Gasteiger partial charge in [0.2, 0.25) is 5.91 Å². The van der Waals surface area contributed by atoms with Crippen LogP contribution in [0.25, 0.3) is 0 Å². The Hall–Kier alpha value is -0.540. The number of benzene rings is 1. The largest absolute Gasteiger partial charge is 0.355 e. The second-order valence-electron chi connectivity index (χ2n) is 3.21. The lowest BCUT2D eigenvalue weighted by Crippen LogP contribution is -2.27. The molecule has 0 radical (unpaired) electrons. The van der Waals surface area contributed by atoms with Crippen molar-refractivity contribution in [3.63, 3.8) is 0 Å². The molecule has 0 aliphatic rings. The lowest BCUT2D eigenvalue weighted by Gasteiger charge is -2.10. The van der Waals surface area contributed by atoms with Crippen molar-refractivity contribution < 1.29 is 4.79 Å². The van der Waals surface area contributed by atoms with Gasteiger partial charge in [-0.15, -0.1) is 11.6 Å². The Labute approximate surface area is 103 Å². The number of hydrogen-bond donors (Lipinski definition) is 1. The van der Waals surface area contributed by atoms with Crippen LogP contribution in [-0.2, 0) is 4.79 Å². The third-order valence-corrected chi connectivity index (χ3v) is 2.86. The minimum Gasteiger partial charge on any atom is -0.355 e. The molecule has 0 heterocycles. The van der Waals surface area contributed by atoms with Gasteiger partial charge in [-0.2, -0.15) is 0 Å². The van der Waals surface area contributed by atoms with Gasteiger partial charge >= 0.3 is 0 Å². The summed E-state index contributed by atoms with van der Waals surface area (Å²) in [5.74, 6) is -0.142. The highest BCUT2D eigenvalue weighted by Crippen LogP contribution is 2.23. The van der Waals surface area contributed by atoms with Crippen molar-refractivity contribution in [1.82, 2.24) is 5.32 Å². The molecule has 0 saturated carbocycles. The number of rotatable bonds is 4. The molecule has 1 atom stereocenters. The fourth-order valence-corrected chi connectivity index (χ4v) is 1.78. The van der Waals surface area contributed by atoms with Crippen LogP contribution in [0.1, 0.15) is 24.3 Å². The Morgan fingerprint density at radius 2 is 2.33 bits per heavy atom. The van der Waals surface area contributed by atoms with Crippen LogP contribution in [0.4, 0.5) is 0 Å². The SMILES string of the molecule is CCCNC(=O)C(Cl)c1cccc(Br)c1. The Bertz CT molecular complexity index is 343. The Kier molecular flexibility index (Phi) is 5.12. The fraction of sp³-hybridized carbons (Fsp3) is 0.364. The number of carbonyl (C=O) groups excluding carboxylic acids is 1. The standard InChI is InChI=1S/C11H13BrClNO/c1-2-6-14-11(15)10(13)8-4-3-5-9(12)7-8/h3-5,7,10H,2,6H2,1H3,(H,14,15). The van der Waals surface area contributed by atoms with Crippen molar-refractivity contribution in [3.8, 4) is 0 Å². The van der Waals surface area contributed by atoms with Crippen molar-refractivity contribution in [3.05, 3.63) is 34.3 Å². The molecule has 82 valence electrons. The minimum atomic E-state index is -0.617. The van der Waals surface area contributed by atoms with Crippen LogP contribution in [0.15, 0.2) is 28.7 Å². The van der Waals surface area contributed by atoms with Crippen LogP contribution in [-0.4, -0.2) is 12.5 Å². The maximum Gasteiger partial charge on any atom is 0.242 e. The van der Waals surface area contributed by atoms with E-state index in [0.717, 1.165) is 16.5 Å². The van der Waals surface area contributed by atoms with Gasteiger partial charge < -0.3 is 5.32 Å². The molecule has 0 spiro atoms. The molecule has 1 aromatic carbocycles. The van der Waals surface area contributed by atoms with Gasteiger partial charge in [-0.3, -0.25) is 4.79 Å². The molecular formula is C11H13BrClNO. The Balaban J connectivity index is 2.67. The number of alkyl halides is 1. The zero-order valence-corrected chi connectivity index (χ0v) is 10.8. The summed E-state index contributed by atoms with van der Waals surface area (Å²) in [6.07, 6.45) is 0.911. The van der Waals surface area contributed by atoms with Gasteiger partial charge in [-0.25, -0.2) is 0 Å². The first-order chi connectivity index (χ1) is 7.15. The molecule has 4 heteroatoms. The smallest absolute Gasteiger partial charge is 0.242 e. The summed E-state index contributed by atoms with van der Waals surface area (Å²) in [7, 11) is 0. The lowest BCUT2D eigenvalue weighted by atomic mass is 10.1. The summed E-state index contributed by atoms with van der Waals surface area (Å²) in [5, 5.41) is 2.15. The molecule has 0 bridgehead atoms. The molecule has 0 fully saturated rings. The van der Waals surface area contributed by atoms with Gasteiger partial charge in [-0.1, -0.05) is 35.0 Å². The fourth-order valence-electron chi connectivity index (χ4n) is 1.15. The summed E-state index contributed by atoms with van der Waals surface area (Å²) in [6.45, 7) is 2.67. The molecule has 1 unspecified atom stereocenters. The number of carbonyl (C=O) groups is 1. The molecule has 2 nitrogen and oxygen atoms in total. The summed E-state index contributed by atoms with van der Waals surface area (Å²) >= 11 is 9.37. The topological polar surface area (TPSA) is 29.1 Å². The van der Waals surface area contributed by atoms with Crippen LogP contribution in [0.3, 0.4) is 0 Å². The maximum absolute atomic E-state index is 11.6. The predicted molar refractivity (Wildman–Crippen MR) is 66.0 cm³/mol. The predicted octanol–water partition coefficient (Wildman–Crippen LogP) is 3.26. The van der Waals surface area contributed by atoms with E-state index in [0.29, 0.717) is 6.54 Å². The van der Waals surface area contributed by atoms with E-state index in [9.17, 15) is 4.79 Å². The van der Waals surface area contributed by atoms with Gasteiger partial charge in [0.15, 0.2) is 0 Å². The van der Waals surface area contributed by atoms with Gasteiger partial charge in [0.05, 0.1) is 0 Å². The minimum absolute atomic E-state index is 0.142. The average Bonchev–Trinajstić information content (AvgIpc) is 2.24. The highest BCUT2D eigenvalue weighted by Gasteiger charge is 2.16. The van der Waals surface area contributed by atoms with Crippen molar-refractivity contribution in [2.45, 2.75) is 18.7 Å². The number of amides is 1. The van der Waals surface area contributed by atoms with Crippen LogP contribution in [0.5, 0.6) is 0 Å². The molecule has 1 N–H and O–H groups in total. The van der Waals surface area contributed by atoms with E-state index < -0.39 is 5.38 Å². The average molecular weight is 291 g/mol. The molecule has 0 aromatic heterocycles. The molecule has 0 aliphatic carbocycles. The van der Waals surface area contributed by atoms with Crippen LogP contribution < -0.4 is 5.32 Å². The van der Waals surface area contributed by atoms with Gasteiger partial charge in [0.1, 0.15) is 5.38 Å². The molecule has 1 amide bonds. The van der Waals surface area contributed by atoms with E-state index in [-0.39, 0.29) is 5.91 Å². The molecule has 1 rings (SSSR count). The monoisotopic (exact) mass is 289 g/mol. The lowest BCUT2D eigenvalue weighted by molar-refractivity contribution is -0.120. The first kappa shape index (κ1) is 12.5. The number of hydrogen-bond acceptors (Lipinski definition) is 1. The highest BCUT2D eigenvalue weighted by molar-refractivity contribution is 9.10. The number of nitrogens with one attached hydrogen (secondary N) is 1. The molecular weight excluding hydrogens is 277 g/mol. The van der Waals surface area contributed by atoms with E-state index in [2.05, 4.69) is 21.2 Å². The van der Waals surface area contributed by atoms with E-state index in [1.165, 1.54) is 0 Å². The van der Waals surface area contributed by atoms with Crippen molar-refractivity contribution in [1.29, 1.82) is 0 Å². The van der Waals surface area contributed by atoms with E-state index in [4.69, 9.17) is 11.6 Å². The zero-order chi connectivity index (χ0) is 11.3. The van der Waals surface area contributed by atoms with Gasteiger partial charge in [0.25, 0.3) is 0 Å². The van der Waals surface area contributed by atoms with E-state index >= 15 is 0 Å². The quantitative estimate of drug-likeness (QED) is 0.847. The third kappa shape index (κ3) is 3.84. The van der Waals surface area contributed by atoms with Crippen LogP contribution >= 0.6 is 27.5 Å². The molecule has 1 aromatic rings. The van der Waals surface area contributed by atoms with Crippen molar-refractivity contribution in [2.75, 3.05) is 6.54 Å². The normalized spacial score (nSPS) is 12.2. The Morgan fingerprint density at radius 1 is 1.60 bits per heavy atom. The van der Waals surface area contributed by atoms with E-state index in [1.807, 2.05) is 31.2 Å². The van der Waals surface area contributed by atoms with Gasteiger partial charge in [-0.05, 0) is 24.1 Å². The van der Waals surface area contributed by atoms with Crippen LogP contribution in [0.2, 0.25) is 0 Å². The highest BCUT2D eigenvalue weighted by atomic mass is 79.9. The second-order valence-corrected chi connectivity index (χ2v) is 4.56. The summed E-state index contributed by atoms with van der Waals surface area (Å²) in [5.41, 5.74) is 0.805. The zero-order valence-electron chi connectivity index (χ0n) is 8.47. The van der Waals surface area contributed by atoms with Gasteiger partial charge in [0, 0.05) is 11.0 Å². The molecule has 15 heavy (non-hydrogen) atoms. The van der Waals surface area contributed by atoms with Crippen molar-refractivity contribution in [2.24, 2.45) is 0 Å². The number of halogens is 2. The molecule has 0 saturated heterocycles. The summed E-state index contributed by atoms with van der Waals surface area (Å²) < 4.78 is 0.925.